The van der Waals surface area contributed by atoms with Gasteiger partial charge in [-0.15, -0.1) is 0 Å². The molecule has 230 valence electrons. The molecule has 4 aromatic carbocycles. The van der Waals surface area contributed by atoms with E-state index in [9.17, 15) is 4.57 Å². The van der Waals surface area contributed by atoms with Crippen LogP contribution >= 0.6 is 15.1 Å². The fourth-order valence-electron chi connectivity index (χ4n) is 5.31. The van der Waals surface area contributed by atoms with E-state index in [1.54, 1.807) is 24.3 Å². The molecule has 0 spiro atoms. The Labute approximate surface area is 265 Å². The highest BCUT2D eigenvalue weighted by Gasteiger charge is 2.33. The lowest BCUT2D eigenvalue weighted by Crippen LogP contribution is -2.25. The molecule has 0 radical (unpaired) electrons. The first-order chi connectivity index (χ1) is 22.6. The van der Waals surface area contributed by atoms with Gasteiger partial charge >= 0.3 is 0 Å². The van der Waals surface area contributed by atoms with Crippen molar-refractivity contribution in [1.29, 1.82) is 0 Å². The number of para-hydroxylation sites is 1. The van der Waals surface area contributed by atoms with E-state index in [1.807, 2.05) is 60.7 Å². The van der Waals surface area contributed by atoms with Gasteiger partial charge in [0.25, 0.3) is 8.03 Å². The molecule has 1 aliphatic heterocycles. The Balaban J connectivity index is 1.24. The monoisotopic (exact) mass is 651 g/mol. The zero-order chi connectivity index (χ0) is 31.3. The molecule has 0 aliphatic carbocycles. The largest absolute Gasteiger partial charge is 0.443 e. The number of imidazole rings is 1. The van der Waals surface area contributed by atoms with Crippen LogP contribution in [0, 0.1) is 0 Å². The molecule has 0 N–H and O–H groups in total. The SMILES string of the molecule is O=[PH](CO[C@@H]1C=C(F)C(n2cnc3c(N=P(c4ccccc4)(c4ccccc4)c4ccccc4)ncnc32)O1)Oc1ccccc1. The molecular weight excluding hydrogens is 623 g/mol. The smallest absolute Gasteiger partial charge is 0.261 e. The van der Waals surface area contributed by atoms with Crippen LogP contribution in [0.4, 0.5) is 10.2 Å². The molecule has 3 atom stereocenters. The van der Waals surface area contributed by atoms with Crippen LogP contribution in [0.3, 0.4) is 0 Å². The second-order valence-electron chi connectivity index (χ2n) is 10.3. The molecule has 0 bridgehead atoms. The number of halogens is 1. The maximum atomic E-state index is 15.3. The summed E-state index contributed by atoms with van der Waals surface area (Å²) in [4.78, 5) is 13.6. The van der Waals surface area contributed by atoms with Gasteiger partial charge in [0.1, 0.15) is 18.4 Å². The third-order valence-electron chi connectivity index (χ3n) is 7.36. The first-order valence-corrected chi connectivity index (χ1v) is 17.7. The third-order valence-corrected chi connectivity index (χ3v) is 11.9. The van der Waals surface area contributed by atoms with Crippen molar-refractivity contribution in [3.63, 3.8) is 0 Å². The van der Waals surface area contributed by atoms with Crippen molar-refractivity contribution in [1.82, 2.24) is 19.5 Å². The van der Waals surface area contributed by atoms with E-state index >= 15 is 4.39 Å². The highest BCUT2D eigenvalue weighted by Crippen LogP contribution is 2.49. The van der Waals surface area contributed by atoms with Gasteiger partial charge in [0.2, 0.25) is 0 Å². The summed E-state index contributed by atoms with van der Waals surface area (Å²) in [5, 5.41) is 3.13. The Morgan fingerprint density at radius 1 is 0.804 bits per heavy atom. The minimum atomic E-state index is -2.65. The molecule has 0 saturated carbocycles. The lowest BCUT2D eigenvalue weighted by Gasteiger charge is -2.26. The Morgan fingerprint density at radius 2 is 1.37 bits per heavy atom. The topological polar surface area (TPSA) is 101 Å². The summed E-state index contributed by atoms with van der Waals surface area (Å²) in [5.74, 6) is 0.246. The molecule has 6 aromatic rings. The van der Waals surface area contributed by atoms with E-state index in [0.29, 0.717) is 22.7 Å². The number of rotatable bonds is 10. The summed E-state index contributed by atoms with van der Waals surface area (Å²) < 4.78 is 51.5. The molecule has 0 saturated heterocycles. The standard InChI is InChI=1S/C34H28FN5O4P2/c35-29-21-30(42-24-45(41)44-25-13-5-1-6-14-25)43-34(29)40-23-38-31-32(36-22-37-33(31)40)39-46(26-15-7-2-8-16-26,27-17-9-3-10-18-27)28-19-11-4-12-20-28/h1-23,30,34,45H,24H2/t30-,34?/m0/s1. The van der Waals surface area contributed by atoms with E-state index in [1.165, 1.54) is 23.3 Å². The van der Waals surface area contributed by atoms with Gasteiger partial charge in [-0.25, -0.2) is 24.1 Å². The Hall–Kier alpha value is -4.72. The third kappa shape index (κ3) is 5.96. The number of benzene rings is 4. The summed E-state index contributed by atoms with van der Waals surface area (Å²) in [6.45, 7) is 0. The van der Waals surface area contributed by atoms with Gasteiger partial charge in [-0.05, 0) is 12.1 Å². The summed E-state index contributed by atoms with van der Waals surface area (Å²) >= 11 is 0. The van der Waals surface area contributed by atoms with E-state index in [2.05, 4.69) is 51.4 Å². The zero-order valence-corrected chi connectivity index (χ0v) is 26.2. The summed E-state index contributed by atoms with van der Waals surface area (Å²) in [6, 6.07) is 39.3. The number of fused-ring (bicyclic) bond motifs is 1. The zero-order valence-electron chi connectivity index (χ0n) is 24.3. The van der Waals surface area contributed by atoms with Crippen LogP contribution < -0.4 is 20.4 Å². The lowest BCUT2D eigenvalue weighted by atomic mass is 10.3. The van der Waals surface area contributed by atoms with Crippen molar-refractivity contribution in [2.75, 3.05) is 6.35 Å². The highest BCUT2D eigenvalue weighted by molar-refractivity contribution is 7.87. The van der Waals surface area contributed by atoms with Crippen LogP contribution in [-0.2, 0) is 14.0 Å². The number of aromatic nitrogens is 4. The molecule has 3 heterocycles. The summed E-state index contributed by atoms with van der Waals surface area (Å²) in [6.07, 6.45) is 1.53. The van der Waals surface area contributed by atoms with E-state index in [0.717, 1.165) is 15.9 Å². The maximum Gasteiger partial charge on any atom is 0.261 e. The number of nitrogens with zero attached hydrogens (tertiary/aromatic N) is 5. The van der Waals surface area contributed by atoms with E-state index in [4.69, 9.17) is 18.7 Å². The van der Waals surface area contributed by atoms with Crippen molar-refractivity contribution in [2.24, 2.45) is 4.74 Å². The van der Waals surface area contributed by atoms with Gasteiger partial charge in [-0.1, -0.05) is 109 Å². The van der Waals surface area contributed by atoms with Crippen LogP contribution in [0.1, 0.15) is 6.23 Å². The van der Waals surface area contributed by atoms with Crippen molar-refractivity contribution in [2.45, 2.75) is 12.5 Å². The van der Waals surface area contributed by atoms with Gasteiger partial charge < -0.3 is 14.0 Å². The number of hydrogen-bond donors (Lipinski definition) is 0. The van der Waals surface area contributed by atoms with Gasteiger partial charge in [0.15, 0.2) is 35.3 Å². The molecule has 46 heavy (non-hydrogen) atoms. The fraction of sp³-hybridized carbons (Fsp3) is 0.0882. The molecule has 1 aliphatic rings. The minimum absolute atomic E-state index is 0.249. The predicted molar refractivity (Wildman–Crippen MR) is 178 cm³/mol. The molecule has 0 amide bonds. The van der Waals surface area contributed by atoms with Crippen LogP contribution in [-0.4, -0.2) is 32.2 Å². The lowest BCUT2D eigenvalue weighted by molar-refractivity contribution is -0.128. The molecule has 0 fully saturated rings. The average Bonchev–Trinajstić information content (AvgIpc) is 3.71. The Kier molecular flexibility index (Phi) is 8.68. The summed E-state index contributed by atoms with van der Waals surface area (Å²) in [5.41, 5.74) is 0.743. The minimum Gasteiger partial charge on any atom is -0.443 e. The van der Waals surface area contributed by atoms with Crippen molar-refractivity contribution in [3.05, 3.63) is 146 Å². The first-order valence-electron chi connectivity index (χ1n) is 14.5. The second kappa shape index (κ2) is 13.3. The number of ether oxygens (including phenoxy) is 2. The normalized spacial score (nSPS) is 17.0. The van der Waals surface area contributed by atoms with Crippen molar-refractivity contribution < 1.29 is 23.0 Å². The predicted octanol–water partition coefficient (Wildman–Crippen LogP) is 6.87. The van der Waals surface area contributed by atoms with Gasteiger partial charge in [-0.2, -0.15) is 0 Å². The maximum absolute atomic E-state index is 15.3. The average molecular weight is 652 g/mol. The van der Waals surface area contributed by atoms with Gasteiger partial charge in [-0.3, -0.25) is 9.13 Å². The van der Waals surface area contributed by atoms with Gasteiger partial charge in [0, 0.05) is 22.0 Å². The van der Waals surface area contributed by atoms with Crippen molar-refractivity contribution in [3.8, 4) is 5.75 Å². The second-order valence-corrected chi connectivity index (χ2v) is 14.5. The molecule has 12 heteroatoms. The van der Waals surface area contributed by atoms with E-state index < -0.39 is 33.4 Å². The quantitative estimate of drug-likeness (QED) is 0.149. The van der Waals surface area contributed by atoms with Crippen LogP contribution in [0.5, 0.6) is 5.75 Å². The van der Waals surface area contributed by atoms with Gasteiger partial charge in [0.05, 0.1) is 13.4 Å². The molecule has 9 nitrogen and oxygen atoms in total. The fourth-order valence-corrected chi connectivity index (χ4v) is 9.55. The van der Waals surface area contributed by atoms with Crippen LogP contribution in [0.2, 0.25) is 0 Å². The van der Waals surface area contributed by atoms with Crippen molar-refractivity contribution >= 4 is 48.0 Å². The Morgan fingerprint density at radius 3 is 1.96 bits per heavy atom. The van der Waals surface area contributed by atoms with Crippen LogP contribution in [0.25, 0.3) is 11.2 Å². The highest BCUT2D eigenvalue weighted by atomic mass is 31.2. The molecule has 7 rings (SSSR count). The number of hydrogen-bond acceptors (Lipinski definition) is 8. The first kappa shape index (κ1) is 30.0. The molecule has 2 unspecified atom stereocenters. The van der Waals surface area contributed by atoms with E-state index in [-0.39, 0.29) is 6.35 Å². The molecule has 2 aromatic heterocycles. The van der Waals surface area contributed by atoms with Crippen LogP contribution in [0.15, 0.2) is 151 Å². The summed E-state index contributed by atoms with van der Waals surface area (Å²) in [7, 11) is -5.25. The Bertz CT molecular complexity index is 1960. The molecular formula is C34H28FN5O4P2.